The number of benzene rings is 3. The van der Waals surface area contributed by atoms with E-state index >= 15 is 0 Å². The highest BCUT2D eigenvalue weighted by molar-refractivity contribution is 7.87. The van der Waals surface area contributed by atoms with E-state index in [0.29, 0.717) is 21.3 Å². The first kappa shape index (κ1) is 23.0. The summed E-state index contributed by atoms with van der Waals surface area (Å²) in [6.07, 6.45) is 1.40. The number of hydrazone groups is 1. The fourth-order valence-corrected chi connectivity index (χ4v) is 3.89. The minimum Gasteiger partial charge on any atom is -0.378 e. The van der Waals surface area contributed by atoms with Crippen molar-refractivity contribution in [2.75, 3.05) is 5.32 Å². The molecule has 0 fully saturated rings. The van der Waals surface area contributed by atoms with Gasteiger partial charge in [-0.3, -0.25) is 5.43 Å². The fourth-order valence-electron chi connectivity index (χ4n) is 2.44. The molecule has 3 aromatic rings. The fraction of sp³-hybridized carbons (Fsp3) is 0.0476. The Kier molecular flexibility index (Phi) is 7.50. The second-order valence-corrected chi connectivity index (χ2v) is 9.13. The van der Waals surface area contributed by atoms with Gasteiger partial charge < -0.3 is 9.50 Å². The molecule has 0 aliphatic rings. The molecule has 0 spiro atoms. The summed E-state index contributed by atoms with van der Waals surface area (Å²) in [5.74, 6) is 0.130. The summed E-state index contributed by atoms with van der Waals surface area (Å²) in [6, 6.07) is 17.9. The number of hydrogen-bond donors (Lipinski definition) is 2. The van der Waals surface area contributed by atoms with Crippen molar-refractivity contribution in [2.24, 2.45) is 5.10 Å². The number of anilines is 1. The predicted octanol–water partition coefficient (Wildman–Crippen LogP) is 5.39. The zero-order valence-corrected chi connectivity index (χ0v) is 19.3. The Hall–Kier alpha value is -2.65. The van der Waals surface area contributed by atoms with Crippen LogP contribution < -0.4 is 14.9 Å². The van der Waals surface area contributed by atoms with E-state index in [1.165, 1.54) is 24.4 Å². The molecule has 0 aromatic heterocycles. The lowest BCUT2D eigenvalue weighted by Gasteiger charge is -2.10. The maximum absolute atomic E-state index is 12.6. The van der Waals surface area contributed by atoms with Crippen LogP contribution in [0.15, 0.2) is 76.7 Å². The lowest BCUT2D eigenvalue weighted by atomic mass is 10.2. The van der Waals surface area contributed by atoms with E-state index in [4.69, 9.17) is 39.6 Å². The Bertz CT molecular complexity index is 1230. The van der Waals surface area contributed by atoms with Gasteiger partial charge in [-0.05, 0) is 61.6 Å². The van der Waals surface area contributed by atoms with Crippen LogP contribution in [0.3, 0.4) is 0 Å². The van der Waals surface area contributed by atoms with Gasteiger partial charge in [0.05, 0.1) is 16.9 Å². The Morgan fingerprint density at radius 3 is 2.52 bits per heavy atom. The Labute approximate surface area is 196 Å². The summed E-state index contributed by atoms with van der Waals surface area (Å²) in [5.41, 5.74) is 4.54. The summed E-state index contributed by atoms with van der Waals surface area (Å²) in [6.45, 7) is 1.87. The maximum Gasteiger partial charge on any atom is 0.339 e. The number of para-hydroxylation sites is 1. The normalized spacial score (nSPS) is 11.3. The number of rotatable bonds is 6. The average Bonchev–Trinajstić information content (AvgIpc) is 2.72. The SMILES string of the molecule is Cc1ccc(S(=O)(=O)Oc2ccccc2/C=N\NC(=S)Nc2cc(Cl)ccc2Cl)cc1. The maximum atomic E-state index is 12.6. The van der Waals surface area contributed by atoms with E-state index in [0.717, 1.165) is 5.56 Å². The van der Waals surface area contributed by atoms with Crippen molar-refractivity contribution in [1.29, 1.82) is 0 Å². The molecule has 0 unspecified atom stereocenters. The lowest BCUT2D eigenvalue weighted by molar-refractivity contribution is 0.485. The number of aryl methyl sites for hydroxylation is 1. The van der Waals surface area contributed by atoms with Crippen molar-refractivity contribution < 1.29 is 12.6 Å². The first-order valence-electron chi connectivity index (χ1n) is 8.90. The number of nitrogens with zero attached hydrogens (tertiary/aromatic N) is 1. The van der Waals surface area contributed by atoms with E-state index in [-0.39, 0.29) is 15.8 Å². The molecular weight excluding hydrogens is 477 g/mol. The van der Waals surface area contributed by atoms with E-state index in [1.807, 2.05) is 6.92 Å². The van der Waals surface area contributed by atoms with Crippen LogP contribution >= 0.6 is 35.4 Å². The molecule has 160 valence electrons. The first-order valence-corrected chi connectivity index (χ1v) is 11.5. The van der Waals surface area contributed by atoms with Crippen LogP contribution in [0.1, 0.15) is 11.1 Å². The molecule has 0 saturated heterocycles. The van der Waals surface area contributed by atoms with Crippen LogP contribution in [0.4, 0.5) is 5.69 Å². The van der Waals surface area contributed by atoms with Crippen molar-refractivity contribution >= 4 is 62.6 Å². The Morgan fingerprint density at radius 1 is 1.06 bits per heavy atom. The molecule has 0 aliphatic carbocycles. The van der Waals surface area contributed by atoms with Gasteiger partial charge in [-0.1, -0.05) is 53.0 Å². The van der Waals surface area contributed by atoms with Gasteiger partial charge in [0.25, 0.3) is 0 Å². The smallest absolute Gasteiger partial charge is 0.339 e. The summed E-state index contributed by atoms with van der Waals surface area (Å²) < 4.78 is 30.5. The van der Waals surface area contributed by atoms with Gasteiger partial charge in [-0.15, -0.1) is 0 Å². The second kappa shape index (κ2) is 10.1. The molecule has 0 heterocycles. The van der Waals surface area contributed by atoms with Crippen molar-refractivity contribution in [3.05, 3.63) is 87.9 Å². The van der Waals surface area contributed by atoms with Crippen molar-refractivity contribution in [3.63, 3.8) is 0 Å². The molecule has 0 saturated carbocycles. The molecular formula is C21H17Cl2N3O3S2. The highest BCUT2D eigenvalue weighted by Gasteiger charge is 2.17. The van der Waals surface area contributed by atoms with E-state index < -0.39 is 10.1 Å². The van der Waals surface area contributed by atoms with Gasteiger partial charge in [-0.2, -0.15) is 13.5 Å². The second-order valence-electron chi connectivity index (χ2n) is 6.34. The third-order valence-corrected chi connectivity index (χ3v) is 5.98. The molecule has 0 radical (unpaired) electrons. The van der Waals surface area contributed by atoms with Gasteiger partial charge in [0.1, 0.15) is 4.90 Å². The van der Waals surface area contributed by atoms with Gasteiger partial charge in [0, 0.05) is 10.6 Å². The number of hydrogen-bond acceptors (Lipinski definition) is 5. The minimum atomic E-state index is -3.99. The molecule has 3 aromatic carbocycles. The molecule has 0 atom stereocenters. The van der Waals surface area contributed by atoms with Gasteiger partial charge in [0.15, 0.2) is 10.9 Å². The number of thiocarbonyl (C=S) groups is 1. The zero-order chi connectivity index (χ0) is 22.4. The molecule has 3 rings (SSSR count). The Morgan fingerprint density at radius 2 is 1.77 bits per heavy atom. The summed E-state index contributed by atoms with van der Waals surface area (Å²) in [7, 11) is -3.99. The summed E-state index contributed by atoms with van der Waals surface area (Å²) >= 11 is 17.2. The molecule has 2 N–H and O–H groups in total. The molecule has 31 heavy (non-hydrogen) atoms. The predicted molar refractivity (Wildman–Crippen MR) is 129 cm³/mol. The third-order valence-electron chi connectivity index (χ3n) is 3.97. The van der Waals surface area contributed by atoms with Gasteiger partial charge in [0.2, 0.25) is 0 Å². The van der Waals surface area contributed by atoms with E-state index in [1.54, 1.807) is 48.5 Å². The highest BCUT2D eigenvalue weighted by Crippen LogP contribution is 2.25. The zero-order valence-electron chi connectivity index (χ0n) is 16.2. The molecule has 0 amide bonds. The van der Waals surface area contributed by atoms with E-state index in [2.05, 4.69) is 15.8 Å². The molecule has 0 aliphatic heterocycles. The topological polar surface area (TPSA) is 79.8 Å². The van der Waals surface area contributed by atoms with Crippen molar-refractivity contribution in [2.45, 2.75) is 11.8 Å². The summed E-state index contributed by atoms with van der Waals surface area (Å²) in [5, 5.41) is 8.03. The highest BCUT2D eigenvalue weighted by atomic mass is 35.5. The van der Waals surface area contributed by atoms with Crippen LogP contribution in [0, 0.1) is 6.92 Å². The largest absolute Gasteiger partial charge is 0.378 e. The average molecular weight is 494 g/mol. The number of nitrogens with one attached hydrogen (secondary N) is 2. The monoisotopic (exact) mass is 493 g/mol. The van der Waals surface area contributed by atoms with Gasteiger partial charge in [-0.25, -0.2) is 0 Å². The lowest BCUT2D eigenvalue weighted by Crippen LogP contribution is -2.24. The first-order chi connectivity index (χ1) is 14.7. The van der Waals surface area contributed by atoms with Crippen LogP contribution in [0.5, 0.6) is 5.75 Å². The Balaban J connectivity index is 1.70. The molecule has 10 heteroatoms. The van der Waals surface area contributed by atoms with Crippen LogP contribution in [0.25, 0.3) is 0 Å². The molecule has 0 bridgehead atoms. The van der Waals surface area contributed by atoms with Crippen LogP contribution in [-0.4, -0.2) is 19.7 Å². The van der Waals surface area contributed by atoms with Gasteiger partial charge >= 0.3 is 10.1 Å². The van der Waals surface area contributed by atoms with E-state index in [9.17, 15) is 8.42 Å². The van der Waals surface area contributed by atoms with Crippen LogP contribution in [0.2, 0.25) is 10.0 Å². The quantitative estimate of drug-likeness (QED) is 0.207. The third kappa shape index (κ3) is 6.41. The summed E-state index contributed by atoms with van der Waals surface area (Å²) in [4.78, 5) is 0.0618. The number of halogens is 2. The van der Waals surface area contributed by atoms with Crippen molar-refractivity contribution in [3.8, 4) is 5.75 Å². The molecule has 6 nitrogen and oxygen atoms in total. The van der Waals surface area contributed by atoms with Crippen LogP contribution in [-0.2, 0) is 10.1 Å². The van der Waals surface area contributed by atoms with Crippen molar-refractivity contribution in [1.82, 2.24) is 5.43 Å². The standard InChI is InChI=1S/C21H17Cl2N3O3S2/c1-14-6-9-17(10-7-14)31(27,28)29-20-5-3-2-4-15(20)13-24-26-21(30)25-19-12-16(22)8-11-18(19)23/h2-13H,1H3,(H2,25,26,30)/b24-13-. The minimum absolute atomic E-state index is 0.0618.